The fourth-order valence-electron chi connectivity index (χ4n) is 1.59. The molecule has 0 aliphatic carbocycles. The summed E-state index contributed by atoms with van der Waals surface area (Å²) in [6.07, 6.45) is 0.637. The Morgan fingerprint density at radius 1 is 1.50 bits per heavy atom. The zero-order chi connectivity index (χ0) is 12.3. The molecular formula is C10H11ClN2O2S. The largest absolute Gasteiger partial charge is 0.326 e. The van der Waals surface area contributed by atoms with Crippen molar-refractivity contribution in [2.75, 3.05) is 0 Å². The molecule has 0 unspecified atom stereocenters. The third-order valence-electron chi connectivity index (χ3n) is 2.31. The summed E-state index contributed by atoms with van der Waals surface area (Å²) >= 11 is 0. The molecule has 0 fully saturated rings. The molecule has 1 rings (SSSR count). The molecule has 1 aromatic rings. The van der Waals surface area contributed by atoms with Crippen LogP contribution in [0.5, 0.6) is 0 Å². The molecule has 0 atom stereocenters. The summed E-state index contributed by atoms with van der Waals surface area (Å²) in [6, 6.07) is 4.96. The van der Waals surface area contributed by atoms with Gasteiger partial charge in [-0.05, 0) is 23.6 Å². The molecule has 0 spiro atoms. The van der Waals surface area contributed by atoms with Gasteiger partial charge in [-0.3, -0.25) is 0 Å². The lowest BCUT2D eigenvalue weighted by atomic mass is 10.0. The van der Waals surface area contributed by atoms with E-state index in [9.17, 15) is 8.42 Å². The highest BCUT2D eigenvalue weighted by molar-refractivity contribution is 8.13. The predicted molar refractivity (Wildman–Crippen MR) is 61.5 cm³/mol. The third kappa shape index (κ3) is 2.35. The van der Waals surface area contributed by atoms with Crippen LogP contribution in [0.1, 0.15) is 23.6 Å². The zero-order valence-electron chi connectivity index (χ0n) is 8.70. The van der Waals surface area contributed by atoms with Crippen molar-refractivity contribution in [3.8, 4) is 6.07 Å². The smallest absolute Gasteiger partial charge is 0.262 e. The Morgan fingerprint density at radius 2 is 2.12 bits per heavy atom. The fraction of sp³-hybridized carbons (Fsp3) is 0.300. The molecule has 1 aromatic carbocycles. The van der Waals surface area contributed by atoms with Gasteiger partial charge in [0.05, 0.1) is 5.56 Å². The summed E-state index contributed by atoms with van der Waals surface area (Å²) in [4.78, 5) is -0.154. The van der Waals surface area contributed by atoms with Crippen molar-refractivity contribution < 1.29 is 8.42 Å². The van der Waals surface area contributed by atoms with Crippen molar-refractivity contribution in [3.63, 3.8) is 0 Å². The van der Waals surface area contributed by atoms with Crippen LogP contribution >= 0.6 is 10.7 Å². The maximum absolute atomic E-state index is 11.4. The van der Waals surface area contributed by atoms with Crippen LogP contribution < -0.4 is 5.73 Å². The van der Waals surface area contributed by atoms with Gasteiger partial charge in [0, 0.05) is 17.2 Å². The Kier molecular flexibility index (Phi) is 3.92. The van der Waals surface area contributed by atoms with Gasteiger partial charge >= 0.3 is 0 Å². The van der Waals surface area contributed by atoms with E-state index < -0.39 is 9.05 Å². The first kappa shape index (κ1) is 13.0. The standard InChI is InChI=1S/C10H11ClN2O2S/c1-2-7-3-4-8(5-12)10(9(7)6-13)16(11,14)15/h3-4H,2,6,13H2,1H3. The highest BCUT2D eigenvalue weighted by Crippen LogP contribution is 2.27. The number of hydrogen-bond acceptors (Lipinski definition) is 4. The van der Waals surface area contributed by atoms with Crippen molar-refractivity contribution >= 4 is 19.7 Å². The summed E-state index contributed by atoms with van der Waals surface area (Å²) in [5, 5.41) is 8.85. The lowest BCUT2D eigenvalue weighted by molar-refractivity contribution is 0.608. The molecule has 86 valence electrons. The van der Waals surface area contributed by atoms with E-state index in [-0.39, 0.29) is 17.0 Å². The molecule has 0 saturated heterocycles. The minimum Gasteiger partial charge on any atom is -0.326 e. The molecule has 6 heteroatoms. The zero-order valence-corrected chi connectivity index (χ0v) is 10.3. The van der Waals surface area contributed by atoms with Gasteiger partial charge in [-0.1, -0.05) is 13.0 Å². The first-order valence-electron chi connectivity index (χ1n) is 4.65. The van der Waals surface area contributed by atoms with Crippen LogP contribution in [0.25, 0.3) is 0 Å². The van der Waals surface area contributed by atoms with E-state index in [1.807, 2.05) is 13.0 Å². The molecule has 16 heavy (non-hydrogen) atoms. The first-order chi connectivity index (χ1) is 7.45. The quantitative estimate of drug-likeness (QED) is 0.833. The van der Waals surface area contributed by atoms with E-state index >= 15 is 0 Å². The summed E-state index contributed by atoms with van der Waals surface area (Å²) in [7, 11) is 1.37. The molecule has 0 aliphatic heterocycles. The van der Waals surface area contributed by atoms with E-state index in [1.54, 1.807) is 6.07 Å². The molecule has 0 aromatic heterocycles. The van der Waals surface area contributed by atoms with Crippen molar-refractivity contribution in [2.45, 2.75) is 24.8 Å². The summed E-state index contributed by atoms with van der Waals surface area (Å²) in [6.45, 7) is 1.92. The number of benzene rings is 1. The molecule has 0 bridgehead atoms. The topological polar surface area (TPSA) is 84.0 Å². The summed E-state index contributed by atoms with van der Waals surface area (Å²) in [5.41, 5.74) is 6.77. The van der Waals surface area contributed by atoms with Crippen molar-refractivity contribution in [2.24, 2.45) is 5.73 Å². The lowest BCUT2D eigenvalue weighted by Crippen LogP contribution is -2.09. The molecule has 0 aliphatic rings. The van der Waals surface area contributed by atoms with Gasteiger partial charge in [0.15, 0.2) is 0 Å². The van der Waals surface area contributed by atoms with Gasteiger partial charge in [-0.2, -0.15) is 5.26 Å². The Hall–Kier alpha value is -1.09. The molecule has 0 saturated carbocycles. The normalized spacial score (nSPS) is 11.1. The number of nitrogens with two attached hydrogens (primary N) is 1. The Morgan fingerprint density at radius 3 is 2.50 bits per heavy atom. The highest BCUT2D eigenvalue weighted by atomic mass is 35.7. The van der Waals surface area contributed by atoms with E-state index in [1.165, 1.54) is 6.07 Å². The Bertz CT molecular complexity index is 547. The molecule has 2 N–H and O–H groups in total. The maximum Gasteiger partial charge on any atom is 0.262 e. The SMILES string of the molecule is CCc1ccc(C#N)c(S(=O)(=O)Cl)c1CN. The number of halogens is 1. The molecule has 0 radical (unpaired) electrons. The van der Waals surface area contributed by atoms with E-state index in [4.69, 9.17) is 21.7 Å². The van der Waals surface area contributed by atoms with E-state index in [2.05, 4.69) is 0 Å². The average molecular weight is 259 g/mol. The Balaban J connectivity index is 3.72. The van der Waals surface area contributed by atoms with Gasteiger partial charge in [0.1, 0.15) is 11.0 Å². The number of nitriles is 1. The summed E-state index contributed by atoms with van der Waals surface area (Å²) in [5.74, 6) is 0. The third-order valence-corrected chi connectivity index (χ3v) is 3.72. The van der Waals surface area contributed by atoms with Crippen molar-refractivity contribution in [3.05, 3.63) is 28.8 Å². The van der Waals surface area contributed by atoms with Crippen LogP contribution in [0.15, 0.2) is 17.0 Å². The van der Waals surface area contributed by atoms with Crippen molar-refractivity contribution in [1.29, 1.82) is 5.26 Å². The van der Waals surface area contributed by atoms with Crippen LogP contribution in [0.4, 0.5) is 0 Å². The number of aryl methyl sites for hydroxylation is 1. The molecular weight excluding hydrogens is 248 g/mol. The molecule has 0 amide bonds. The van der Waals surface area contributed by atoms with Gasteiger partial charge in [-0.25, -0.2) is 8.42 Å². The minimum absolute atomic E-state index is 0.0349. The molecule has 4 nitrogen and oxygen atoms in total. The second kappa shape index (κ2) is 4.83. The highest BCUT2D eigenvalue weighted by Gasteiger charge is 2.21. The van der Waals surface area contributed by atoms with E-state index in [0.717, 1.165) is 5.56 Å². The van der Waals surface area contributed by atoms with Crippen LogP contribution in [0, 0.1) is 11.3 Å². The molecule has 0 heterocycles. The predicted octanol–water partition coefficient (Wildman–Crippen LogP) is 1.51. The first-order valence-corrected chi connectivity index (χ1v) is 6.96. The van der Waals surface area contributed by atoms with E-state index in [0.29, 0.717) is 12.0 Å². The second-order valence-corrected chi connectivity index (χ2v) is 5.69. The van der Waals surface area contributed by atoms with Gasteiger partial charge in [-0.15, -0.1) is 0 Å². The van der Waals surface area contributed by atoms with Gasteiger partial charge in [0.2, 0.25) is 0 Å². The van der Waals surface area contributed by atoms with Crippen LogP contribution in [-0.4, -0.2) is 8.42 Å². The minimum atomic E-state index is -3.95. The number of rotatable bonds is 3. The van der Waals surface area contributed by atoms with Crippen molar-refractivity contribution in [1.82, 2.24) is 0 Å². The summed E-state index contributed by atoms with van der Waals surface area (Å²) < 4.78 is 22.8. The number of hydrogen-bond donors (Lipinski definition) is 1. The van der Waals surface area contributed by atoms with Crippen LogP contribution in [-0.2, 0) is 22.0 Å². The monoisotopic (exact) mass is 258 g/mol. The van der Waals surface area contributed by atoms with Crippen LogP contribution in [0.2, 0.25) is 0 Å². The van der Waals surface area contributed by atoms with Crippen LogP contribution in [0.3, 0.4) is 0 Å². The lowest BCUT2D eigenvalue weighted by Gasteiger charge is -2.11. The maximum atomic E-state index is 11.4. The Labute approximate surface area is 99.1 Å². The second-order valence-electron chi connectivity index (χ2n) is 3.19. The average Bonchev–Trinajstić information content (AvgIpc) is 2.25. The number of nitrogens with zero attached hydrogens (tertiary/aromatic N) is 1. The van der Waals surface area contributed by atoms with Gasteiger partial charge < -0.3 is 5.73 Å². The fourth-order valence-corrected chi connectivity index (χ4v) is 3.00. The van der Waals surface area contributed by atoms with Gasteiger partial charge in [0.25, 0.3) is 9.05 Å².